The minimum Gasteiger partial charge on any atom is -0.359 e. The number of nitrogens with zero attached hydrogens (tertiary/aromatic N) is 6. The Labute approximate surface area is 157 Å². The normalized spacial score (nSPS) is 16.4. The van der Waals surface area contributed by atoms with Gasteiger partial charge in [0.1, 0.15) is 12.1 Å². The molecule has 0 aromatic carbocycles. The summed E-state index contributed by atoms with van der Waals surface area (Å²) in [6, 6.07) is 0.464. The average Bonchev–Trinajstić information content (AvgIpc) is 3.21. The summed E-state index contributed by atoms with van der Waals surface area (Å²) >= 11 is 1.68. The quantitative estimate of drug-likeness (QED) is 0.760. The Morgan fingerprint density at radius 3 is 2.62 bits per heavy atom. The molecule has 0 bridgehead atoms. The fourth-order valence-electron chi connectivity index (χ4n) is 3.41. The molecule has 4 heterocycles. The molecule has 0 unspecified atom stereocenters. The molecule has 8 heteroatoms. The van der Waals surface area contributed by atoms with Gasteiger partial charge in [0.05, 0.1) is 22.8 Å². The maximum atomic E-state index is 4.57. The lowest BCUT2D eigenvalue weighted by molar-refractivity contribution is 0.366. The Hall–Kier alpha value is -2.22. The van der Waals surface area contributed by atoms with Gasteiger partial charge < -0.3 is 10.2 Å². The van der Waals surface area contributed by atoms with Gasteiger partial charge in [-0.3, -0.25) is 0 Å². The van der Waals surface area contributed by atoms with Crippen LogP contribution in [0.1, 0.15) is 39.3 Å². The van der Waals surface area contributed by atoms with Crippen molar-refractivity contribution < 1.29 is 0 Å². The number of aryl methyl sites for hydroxylation is 1. The Kier molecular flexibility index (Phi) is 4.30. The summed E-state index contributed by atoms with van der Waals surface area (Å²) in [4.78, 5) is 15.9. The molecule has 0 saturated carbocycles. The molecule has 1 aliphatic heterocycles. The lowest BCUT2D eigenvalue weighted by atomic mass is 10.1. The van der Waals surface area contributed by atoms with Crippen molar-refractivity contribution in [1.82, 2.24) is 24.7 Å². The zero-order chi connectivity index (χ0) is 18.3. The van der Waals surface area contributed by atoms with Crippen LogP contribution in [0.25, 0.3) is 11.0 Å². The third-order valence-corrected chi connectivity index (χ3v) is 5.61. The van der Waals surface area contributed by atoms with Crippen LogP contribution in [-0.2, 0) is 5.54 Å². The van der Waals surface area contributed by atoms with Crippen LogP contribution in [-0.4, -0.2) is 43.9 Å². The minimum atomic E-state index is -0.101. The van der Waals surface area contributed by atoms with E-state index in [-0.39, 0.29) is 5.54 Å². The fraction of sp³-hybridized carbons (Fsp3) is 0.556. The van der Waals surface area contributed by atoms with Crippen LogP contribution < -0.4 is 10.2 Å². The predicted molar refractivity (Wildman–Crippen MR) is 106 cm³/mol. The largest absolute Gasteiger partial charge is 0.359 e. The molecular weight excluding hydrogens is 346 g/mol. The highest BCUT2D eigenvalue weighted by Crippen LogP contribution is 2.29. The van der Waals surface area contributed by atoms with Crippen molar-refractivity contribution in [2.45, 2.75) is 52.1 Å². The third-order valence-electron chi connectivity index (χ3n) is 4.72. The van der Waals surface area contributed by atoms with Gasteiger partial charge in [-0.1, -0.05) is 0 Å². The van der Waals surface area contributed by atoms with Crippen LogP contribution in [0, 0.1) is 6.92 Å². The van der Waals surface area contributed by atoms with Crippen molar-refractivity contribution in [3.8, 4) is 0 Å². The summed E-state index contributed by atoms with van der Waals surface area (Å²) in [6.07, 6.45) is 5.69. The second kappa shape index (κ2) is 6.50. The first-order chi connectivity index (χ1) is 12.4. The molecule has 1 saturated heterocycles. The summed E-state index contributed by atoms with van der Waals surface area (Å²) < 4.78 is 1.98. The molecule has 0 amide bonds. The molecular formula is C18H25N7S. The smallest absolute Gasteiger partial charge is 0.183 e. The molecule has 7 nitrogen and oxygen atoms in total. The van der Waals surface area contributed by atoms with Crippen molar-refractivity contribution in [3.05, 3.63) is 23.6 Å². The third kappa shape index (κ3) is 3.25. The average molecular weight is 372 g/mol. The van der Waals surface area contributed by atoms with Crippen molar-refractivity contribution in [2.75, 3.05) is 23.3 Å². The summed E-state index contributed by atoms with van der Waals surface area (Å²) in [5.41, 5.74) is 1.88. The highest BCUT2D eigenvalue weighted by Gasteiger charge is 2.25. The van der Waals surface area contributed by atoms with Gasteiger partial charge in [0.25, 0.3) is 0 Å². The summed E-state index contributed by atoms with van der Waals surface area (Å²) in [5, 5.41) is 12.3. The number of rotatable bonds is 3. The molecule has 1 aliphatic rings. The Morgan fingerprint density at radius 2 is 1.96 bits per heavy atom. The highest BCUT2D eigenvalue weighted by molar-refractivity contribution is 7.13. The number of piperidine rings is 1. The van der Waals surface area contributed by atoms with Gasteiger partial charge >= 0.3 is 0 Å². The maximum absolute atomic E-state index is 4.57. The van der Waals surface area contributed by atoms with E-state index in [2.05, 4.69) is 56.4 Å². The molecule has 0 aliphatic carbocycles. The number of aromatic nitrogens is 5. The summed E-state index contributed by atoms with van der Waals surface area (Å²) in [6.45, 7) is 10.4. The molecule has 1 fully saturated rings. The lowest BCUT2D eigenvalue weighted by Gasteiger charge is -2.33. The molecule has 138 valence electrons. The van der Waals surface area contributed by atoms with Crippen LogP contribution in [0.15, 0.2) is 17.9 Å². The van der Waals surface area contributed by atoms with E-state index in [0.29, 0.717) is 6.04 Å². The first-order valence-corrected chi connectivity index (χ1v) is 9.92. The Morgan fingerprint density at radius 1 is 1.19 bits per heavy atom. The maximum Gasteiger partial charge on any atom is 0.183 e. The van der Waals surface area contributed by atoms with E-state index in [9.17, 15) is 0 Å². The molecule has 4 rings (SSSR count). The number of anilines is 2. The van der Waals surface area contributed by atoms with E-state index >= 15 is 0 Å². The van der Waals surface area contributed by atoms with Gasteiger partial charge in [0.15, 0.2) is 10.8 Å². The van der Waals surface area contributed by atoms with E-state index in [1.165, 1.54) is 0 Å². The highest BCUT2D eigenvalue weighted by atomic mass is 32.1. The Balaban J connectivity index is 1.50. The first-order valence-electron chi connectivity index (χ1n) is 9.04. The van der Waals surface area contributed by atoms with Gasteiger partial charge in [-0.15, -0.1) is 11.3 Å². The van der Waals surface area contributed by atoms with Crippen LogP contribution in [0.3, 0.4) is 0 Å². The summed E-state index contributed by atoms with van der Waals surface area (Å²) in [5.74, 6) is 0.994. The van der Waals surface area contributed by atoms with E-state index in [1.54, 1.807) is 17.7 Å². The standard InChI is InChI=1S/C18H25N7S/c1-12-10-26-17(22-12)23-13-5-7-24(8-6-13)15-14-9-21-25(18(2,3)4)16(14)20-11-19-15/h9-11,13H,5-8H2,1-4H3,(H,22,23). The second-order valence-corrected chi connectivity index (χ2v) is 8.72. The van der Waals surface area contributed by atoms with Gasteiger partial charge in [-0.25, -0.2) is 19.6 Å². The minimum absolute atomic E-state index is 0.101. The zero-order valence-corrected chi connectivity index (χ0v) is 16.5. The first kappa shape index (κ1) is 17.2. The number of nitrogens with one attached hydrogen (secondary N) is 1. The predicted octanol–water partition coefficient (Wildman–Crippen LogP) is 3.43. The van der Waals surface area contributed by atoms with Crippen LogP contribution in [0.4, 0.5) is 10.9 Å². The van der Waals surface area contributed by atoms with Gasteiger partial charge in [0.2, 0.25) is 0 Å². The van der Waals surface area contributed by atoms with E-state index in [1.807, 2.05) is 17.8 Å². The monoisotopic (exact) mass is 371 g/mol. The van der Waals surface area contributed by atoms with E-state index in [0.717, 1.165) is 53.6 Å². The van der Waals surface area contributed by atoms with Crippen molar-refractivity contribution in [2.24, 2.45) is 0 Å². The molecule has 3 aromatic rings. The molecule has 3 aromatic heterocycles. The van der Waals surface area contributed by atoms with Crippen LogP contribution in [0.5, 0.6) is 0 Å². The van der Waals surface area contributed by atoms with Crippen molar-refractivity contribution in [1.29, 1.82) is 0 Å². The molecule has 0 atom stereocenters. The van der Waals surface area contributed by atoms with E-state index in [4.69, 9.17) is 0 Å². The number of hydrogen-bond donors (Lipinski definition) is 1. The van der Waals surface area contributed by atoms with Crippen molar-refractivity contribution in [3.63, 3.8) is 0 Å². The van der Waals surface area contributed by atoms with Crippen LogP contribution in [0.2, 0.25) is 0 Å². The molecule has 1 N–H and O–H groups in total. The van der Waals surface area contributed by atoms with Gasteiger partial charge in [-0.2, -0.15) is 5.10 Å². The SMILES string of the molecule is Cc1csc(NC2CCN(c3ncnc4c3cnn4C(C)(C)C)CC2)n1. The number of fused-ring (bicyclic) bond motifs is 1. The lowest BCUT2D eigenvalue weighted by Crippen LogP contribution is -2.39. The van der Waals surface area contributed by atoms with Gasteiger partial charge in [0, 0.05) is 24.5 Å². The van der Waals surface area contributed by atoms with Crippen LogP contribution >= 0.6 is 11.3 Å². The van der Waals surface area contributed by atoms with Crippen molar-refractivity contribution >= 4 is 33.3 Å². The second-order valence-electron chi connectivity index (χ2n) is 7.86. The molecule has 0 spiro atoms. The van der Waals surface area contributed by atoms with Gasteiger partial charge in [-0.05, 0) is 40.5 Å². The Bertz CT molecular complexity index is 900. The molecule has 0 radical (unpaired) electrons. The van der Waals surface area contributed by atoms with E-state index < -0.39 is 0 Å². The fourth-order valence-corrected chi connectivity index (χ4v) is 4.17. The zero-order valence-electron chi connectivity index (χ0n) is 15.7. The number of thiazole rings is 1. The number of hydrogen-bond acceptors (Lipinski definition) is 7. The molecule has 26 heavy (non-hydrogen) atoms. The summed E-state index contributed by atoms with van der Waals surface area (Å²) in [7, 11) is 0. The topological polar surface area (TPSA) is 71.8 Å².